The predicted octanol–water partition coefficient (Wildman–Crippen LogP) is 5.48. The lowest BCUT2D eigenvalue weighted by Crippen LogP contribution is -2.48. The minimum atomic E-state index is -3.78. The fraction of sp³-hybridized carbons (Fsp3) is 0.300. The fourth-order valence-corrected chi connectivity index (χ4v) is 7.19. The van der Waals surface area contributed by atoms with Crippen LogP contribution in [-0.2, 0) is 21.9 Å². The van der Waals surface area contributed by atoms with Crippen molar-refractivity contribution in [3.63, 3.8) is 0 Å². The number of hydrogen-bond donors (Lipinski definition) is 2. The summed E-state index contributed by atoms with van der Waals surface area (Å²) in [6, 6.07) is 23.0. The second kappa shape index (κ2) is 10.0. The summed E-state index contributed by atoms with van der Waals surface area (Å²) in [7, 11) is -1.85. The highest BCUT2D eigenvalue weighted by molar-refractivity contribution is 7.89. The highest BCUT2D eigenvalue weighted by atomic mass is 32.2. The number of halogens is 1. The van der Waals surface area contributed by atoms with Crippen LogP contribution in [-0.4, -0.2) is 24.9 Å². The van der Waals surface area contributed by atoms with Crippen molar-refractivity contribution < 1.29 is 17.6 Å². The van der Waals surface area contributed by atoms with Crippen LogP contribution >= 0.6 is 0 Å². The Morgan fingerprint density at radius 2 is 1.68 bits per heavy atom. The molecule has 0 spiro atoms. The Labute approximate surface area is 222 Å². The van der Waals surface area contributed by atoms with Crippen LogP contribution in [0.25, 0.3) is 22.2 Å². The van der Waals surface area contributed by atoms with Crippen molar-refractivity contribution in [1.29, 1.82) is 0 Å². The zero-order valence-corrected chi connectivity index (χ0v) is 22.3. The van der Waals surface area contributed by atoms with E-state index in [1.54, 1.807) is 24.3 Å². The molecule has 0 aliphatic heterocycles. The molecule has 38 heavy (non-hydrogen) atoms. The number of benzene rings is 3. The van der Waals surface area contributed by atoms with Crippen molar-refractivity contribution in [3.8, 4) is 11.3 Å². The molecule has 0 unspecified atom stereocenters. The van der Waals surface area contributed by atoms with Crippen LogP contribution in [0.2, 0.25) is 0 Å². The van der Waals surface area contributed by atoms with Gasteiger partial charge in [0.25, 0.3) is 0 Å². The number of rotatable bonds is 7. The van der Waals surface area contributed by atoms with Crippen molar-refractivity contribution in [2.75, 3.05) is 0 Å². The maximum Gasteiger partial charge on any atom is 0.240 e. The first-order chi connectivity index (χ1) is 18.1. The number of nitrogens with zero attached hydrogens (tertiary/aromatic N) is 1. The standard InChI is InChI=1S/C30H32FN3O3S/c1-20(21-8-11-24(31)12-9-21)30(29(32)35)16-14-25(15-17-30)33-38(36,37)26-13-10-23-18-27(34(2)28(23)19-26)22-6-4-3-5-7-22/h3-13,18-20,25,33H,14-17H2,1-2H3,(H2,32,35)/t20-,25?,30?/m1/s1. The van der Waals surface area contributed by atoms with Crippen LogP contribution in [0.4, 0.5) is 4.39 Å². The Morgan fingerprint density at radius 1 is 1.03 bits per heavy atom. The lowest BCUT2D eigenvalue weighted by molar-refractivity contribution is -0.131. The van der Waals surface area contributed by atoms with Gasteiger partial charge in [0.05, 0.1) is 10.3 Å². The summed E-state index contributed by atoms with van der Waals surface area (Å²) in [5.74, 6) is -0.951. The van der Waals surface area contributed by atoms with Gasteiger partial charge in [-0.2, -0.15) is 0 Å². The molecule has 1 aromatic heterocycles. The molecule has 3 N–H and O–H groups in total. The van der Waals surface area contributed by atoms with E-state index in [0.717, 1.165) is 27.7 Å². The monoisotopic (exact) mass is 533 g/mol. The molecule has 1 aliphatic rings. The normalized spacial score (nSPS) is 20.9. The van der Waals surface area contributed by atoms with E-state index in [9.17, 15) is 17.6 Å². The molecule has 198 valence electrons. The number of hydrogen-bond acceptors (Lipinski definition) is 3. The zero-order valence-electron chi connectivity index (χ0n) is 21.5. The van der Waals surface area contributed by atoms with Gasteiger partial charge in [-0.15, -0.1) is 0 Å². The molecule has 1 aliphatic carbocycles. The number of nitrogens with two attached hydrogens (primary N) is 1. The highest BCUT2D eigenvalue weighted by Gasteiger charge is 2.45. The van der Waals surface area contributed by atoms with Gasteiger partial charge in [-0.3, -0.25) is 4.79 Å². The largest absolute Gasteiger partial charge is 0.369 e. The first-order valence-corrected chi connectivity index (χ1v) is 14.3. The van der Waals surface area contributed by atoms with E-state index in [4.69, 9.17) is 5.73 Å². The van der Waals surface area contributed by atoms with Crippen molar-refractivity contribution in [2.24, 2.45) is 18.2 Å². The van der Waals surface area contributed by atoms with Crippen LogP contribution in [0.15, 0.2) is 83.8 Å². The van der Waals surface area contributed by atoms with Gasteiger partial charge in [-0.25, -0.2) is 17.5 Å². The van der Waals surface area contributed by atoms with Gasteiger partial charge in [-0.1, -0.05) is 55.5 Å². The van der Waals surface area contributed by atoms with Crippen LogP contribution in [0.1, 0.15) is 44.1 Å². The second-order valence-electron chi connectivity index (χ2n) is 10.4. The number of carbonyl (C=O) groups is 1. The van der Waals surface area contributed by atoms with Crippen molar-refractivity contribution >= 4 is 26.8 Å². The van der Waals surface area contributed by atoms with Crippen LogP contribution in [0.5, 0.6) is 0 Å². The van der Waals surface area contributed by atoms with Gasteiger partial charge >= 0.3 is 0 Å². The summed E-state index contributed by atoms with van der Waals surface area (Å²) in [6.45, 7) is 1.93. The molecule has 6 nitrogen and oxygen atoms in total. The van der Waals surface area contributed by atoms with Crippen molar-refractivity contribution in [3.05, 3.63) is 90.2 Å². The molecule has 1 atom stereocenters. The average molecular weight is 534 g/mol. The molecule has 0 saturated heterocycles. The molecule has 1 amide bonds. The van der Waals surface area contributed by atoms with Gasteiger partial charge in [0, 0.05) is 29.7 Å². The van der Waals surface area contributed by atoms with Crippen molar-refractivity contribution in [1.82, 2.24) is 9.29 Å². The molecule has 1 saturated carbocycles. The quantitative estimate of drug-likeness (QED) is 0.329. The smallest absolute Gasteiger partial charge is 0.240 e. The van der Waals surface area contributed by atoms with E-state index in [1.165, 1.54) is 12.1 Å². The number of fused-ring (bicyclic) bond motifs is 1. The SMILES string of the molecule is C[C@H](c1ccc(F)cc1)C1(C(N)=O)CCC(NS(=O)(=O)c2ccc3cc(-c4ccccc4)n(C)c3c2)CC1. The minimum absolute atomic E-state index is 0.206. The number of carbonyl (C=O) groups excluding carboxylic acids is 1. The van der Waals surface area contributed by atoms with Gasteiger partial charge in [0.2, 0.25) is 15.9 Å². The molecular weight excluding hydrogens is 501 g/mol. The van der Waals surface area contributed by atoms with E-state index in [0.29, 0.717) is 25.7 Å². The maximum atomic E-state index is 13.4. The maximum absolute atomic E-state index is 13.4. The molecule has 5 rings (SSSR count). The Kier molecular flexibility index (Phi) is 6.88. The van der Waals surface area contributed by atoms with E-state index >= 15 is 0 Å². The number of aryl methyl sites for hydroxylation is 1. The number of primary amides is 1. The number of aromatic nitrogens is 1. The molecule has 3 aromatic carbocycles. The van der Waals surface area contributed by atoms with Gasteiger partial charge in [0.1, 0.15) is 5.82 Å². The Balaban J connectivity index is 1.34. The van der Waals surface area contributed by atoms with Gasteiger partial charge in [-0.05, 0) is 73.1 Å². The van der Waals surface area contributed by atoms with Crippen LogP contribution in [0, 0.1) is 11.2 Å². The zero-order chi connectivity index (χ0) is 27.1. The first-order valence-electron chi connectivity index (χ1n) is 12.8. The molecule has 8 heteroatoms. The Morgan fingerprint density at radius 3 is 2.32 bits per heavy atom. The lowest BCUT2D eigenvalue weighted by Gasteiger charge is -2.42. The summed E-state index contributed by atoms with van der Waals surface area (Å²) in [4.78, 5) is 12.8. The Bertz CT molecular complexity index is 1570. The third kappa shape index (κ3) is 4.74. The average Bonchev–Trinajstić information content (AvgIpc) is 3.25. The number of sulfonamides is 1. The van der Waals surface area contributed by atoms with Crippen LogP contribution < -0.4 is 10.5 Å². The Hall–Kier alpha value is -3.49. The number of nitrogens with one attached hydrogen (secondary N) is 1. The van der Waals surface area contributed by atoms with E-state index in [2.05, 4.69) is 10.8 Å². The summed E-state index contributed by atoms with van der Waals surface area (Å²) in [6.07, 6.45) is 1.87. The molecular formula is C30H32FN3O3S. The number of amides is 1. The molecule has 1 fully saturated rings. The highest BCUT2D eigenvalue weighted by Crippen LogP contribution is 2.47. The molecule has 4 aromatic rings. The first kappa shape index (κ1) is 26.1. The second-order valence-corrected chi connectivity index (χ2v) is 12.1. The lowest BCUT2D eigenvalue weighted by atomic mass is 9.63. The summed E-state index contributed by atoms with van der Waals surface area (Å²) in [5, 5.41) is 0.962. The molecule has 1 heterocycles. The third-order valence-electron chi connectivity index (χ3n) is 8.29. The van der Waals surface area contributed by atoms with Gasteiger partial charge in [0.15, 0.2) is 0 Å². The van der Waals surface area contributed by atoms with Crippen LogP contribution in [0.3, 0.4) is 0 Å². The molecule has 0 radical (unpaired) electrons. The summed E-state index contributed by atoms with van der Waals surface area (Å²) < 4.78 is 45.0. The fourth-order valence-electron chi connectivity index (χ4n) is 5.86. The van der Waals surface area contributed by atoms with Crippen molar-refractivity contribution in [2.45, 2.75) is 49.5 Å². The topological polar surface area (TPSA) is 94.2 Å². The van der Waals surface area contributed by atoms with E-state index in [-0.39, 0.29) is 22.7 Å². The summed E-state index contributed by atoms with van der Waals surface area (Å²) in [5.41, 5.74) is 8.82. The van der Waals surface area contributed by atoms with E-state index < -0.39 is 21.3 Å². The predicted molar refractivity (Wildman–Crippen MR) is 147 cm³/mol. The van der Waals surface area contributed by atoms with Gasteiger partial charge < -0.3 is 10.3 Å². The van der Waals surface area contributed by atoms with E-state index in [1.807, 2.05) is 54.9 Å². The summed E-state index contributed by atoms with van der Waals surface area (Å²) >= 11 is 0. The third-order valence-corrected chi connectivity index (χ3v) is 9.80. The molecule has 0 bridgehead atoms. The minimum Gasteiger partial charge on any atom is -0.369 e.